The summed E-state index contributed by atoms with van der Waals surface area (Å²) in [5, 5.41) is 11.0. The van der Waals surface area contributed by atoms with E-state index in [-0.39, 0.29) is 10.8 Å². The number of primary sulfonamides is 1. The lowest BCUT2D eigenvalue weighted by Gasteiger charge is -2.21. The van der Waals surface area contributed by atoms with E-state index >= 15 is 0 Å². The molecule has 6 nitrogen and oxygen atoms in total. The van der Waals surface area contributed by atoms with E-state index in [1.807, 2.05) is 0 Å². The fourth-order valence-corrected chi connectivity index (χ4v) is 2.80. The maximum atomic E-state index is 11.9. The third-order valence-corrected chi connectivity index (χ3v) is 4.33. The van der Waals surface area contributed by atoms with Crippen molar-refractivity contribution in [3.05, 3.63) is 24.3 Å². The van der Waals surface area contributed by atoms with E-state index in [0.717, 1.165) is 25.9 Å². The Kier molecular flexibility index (Phi) is 4.74. The lowest BCUT2D eigenvalue weighted by Crippen LogP contribution is -2.30. The third kappa shape index (κ3) is 4.29. The molecule has 0 unspecified atom stereocenters. The Hall–Kier alpha value is -1.44. The summed E-state index contributed by atoms with van der Waals surface area (Å²) < 4.78 is 22.2. The van der Waals surface area contributed by atoms with Gasteiger partial charge in [0.2, 0.25) is 15.9 Å². The smallest absolute Gasteiger partial charge is 0.238 e. The monoisotopic (exact) mass is 297 g/mol. The zero-order chi connectivity index (χ0) is 14.6. The Balaban J connectivity index is 1.91. The normalized spacial score (nSPS) is 16.9. The van der Waals surface area contributed by atoms with Crippen LogP contribution in [0.1, 0.15) is 19.3 Å². The van der Waals surface area contributed by atoms with Gasteiger partial charge in [0.25, 0.3) is 0 Å². The van der Waals surface area contributed by atoms with Gasteiger partial charge in [-0.2, -0.15) is 0 Å². The first-order valence-electron chi connectivity index (χ1n) is 6.58. The summed E-state index contributed by atoms with van der Waals surface area (Å²) in [5.41, 5.74) is 0.580. The van der Waals surface area contributed by atoms with Crippen molar-refractivity contribution in [2.24, 2.45) is 11.1 Å². The average molecular weight is 297 g/mol. The van der Waals surface area contributed by atoms with Crippen LogP contribution in [0, 0.1) is 5.92 Å². The molecule has 1 aromatic rings. The van der Waals surface area contributed by atoms with Crippen LogP contribution in [0.3, 0.4) is 0 Å². The lowest BCUT2D eigenvalue weighted by atomic mass is 9.94. The van der Waals surface area contributed by atoms with Gasteiger partial charge in [0.05, 0.1) is 4.90 Å². The first-order valence-corrected chi connectivity index (χ1v) is 8.13. The van der Waals surface area contributed by atoms with Crippen LogP contribution in [0.5, 0.6) is 0 Å². The van der Waals surface area contributed by atoms with E-state index in [9.17, 15) is 13.2 Å². The van der Waals surface area contributed by atoms with Crippen LogP contribution in [0.2, 0.25) is 0 Å². The fraction of sp³-hybridized carbons (Fsp3) is 0.462. The number of hydrogen-bond donors (Lipinski definition) is 3. The van der Waals surface area contributed by atoms with Crippen LogP contribution in [0.25, 0.3) is 0 Å². The summed E-state index contributed by atoms with van der Waals surface area (Å²) in [7, 11) is -3.69. The Labute approximate surface area is 118 Å². The van der Waals surface area contributed by atoms with Crippen molar-refractivity contribution < 1.29 is 13.2 Å². The maximum absolute atomic E-state index is 11.9. The van der Waals surface area contributed by atoms with Crippen molar-refractivity contribution in [3.63, 3.8) is 0 Å². The molecule has 4 N–H and O–H groups in total. The molecule has 1 aliphatic rings. The quantitative estimate of drug-likeness (QED) is 0.760. The second-order valence-electron chi connectivity index (χ2n) is 5.02. The Morgan fingerprint density at radius 1 is 1.25 bits per heavy atom. The van der Waals surface area contributed by atoms with Crippen molar-refractivity contribution >= 4 is 21.6 Å². The molecule has 0 saturated carbocycles. The van der Waals surface area contributed by atoms with Gasteiger partial charge >= 0.3 is 0 Å². The van der Waals surface area contributed by atoms with E-state index in [0.29, 0.717) is 18.0 Å². The third-order valence-electron chi connectivity index (χ3n) is 3.40. The first kappa shape index (κ1) is 15.0. The zero-order valence-electron chi connectivity index (χ0n) is 11.1. The van der Waals surface area contributed by atoms with Gasteiger partial charge in [-0.15, -0.1) is 0 Å². The molecule has 20 heavy (non-hydrogen) atoms. The Morgan fingerprint density at radius 2 is 1.85 bits per heavy atom. The van der Waals surface area contributed by atoms with Gasteiger partial charge in [0.1, 0.15) is 0 Å². The predicted molar refractivity (Wildman–Crippen MR) is 76.7 cm³/mol. The number of nitrogens with one attached hydrogen (secondary N) is 2. The predicted octanol–water partition coefficient (Wildman–Crippen LogP) is 0.662. The topological polar surface area (TPSA) is 101 Å². The second kappa shape index (κ2) is 6.34. The van der Waals surface area contributed by atoms with Crippen molar-refractivity contribution in [1.82, 2.24) is 5.32 Å². The Bertz CT molecular complexity index is 563. The van der Waals surface area contributed by atoms with Gasteiger partial charge in [0.15, 0.2) is 0 Å². The molecule has 7 heteroatoms. The molecule has 0 aliphatic carbocycles. The number of amides is 1. The molecule has 1 amide bonds. The summed E-state index contributed by atoms with van der Waals surface area (Å²) in [6, 6.07) is 5.85. The summed E-state index contributed by atoms with van der Waals surface area (Å²) in [6.07, 6.45) is 2.52. The molecule has 110 valence electrons. The number of anilines is 1. The SMILES string of the molecule is NS(=O)(=O)c1ccc(NC(=O)CC2CCNCC2)cc1. The summed E-state index contributed by atoms with van der Waals surface area (Å²) in [4.78, 5) is 11.9. The molecular formula is C13H19N3O3S. The minimum Gasteiger partial charge on any atom is -0.326 e. The maximum Gasteiger partial charge on any atom is 0.238 e. The van der Waals surface area contributed by atoms with Crippen molar-refractivity contribution in [1.29, 1.82) is 0 Å². The molecule has 1 saturated heterocycles. The van der Waals surface area contributed by atoms with Gasteiger partial charge in [-0.1, -0.05) is 0 Å². The lowest BCUT2D eigenvalue weighted by molar-refractivity contribution is -0.117. The molecule has 0 atom stereocenters. The summed E-state index contributed by atoms with van der Waals surface area (Å²) in [6.45, 7) is 1.92. The number of piperidine rings is 1. The number of carbonyl (C=O) groups excluding carboxylic acids is 1. The summed E-state index contributed by atoms with van der Waals surface area (Å²) >= 11 is 0. The molecule has 0 aromatic heterocycles. The molecule has 1 fully saturated rings. The highest BCUT2D eigenvalue weighted by Gasteiger charge is 2.17. The van der Waals surface area contributed by atoms with Gasteiger partial charge in [-0.3, -0.25) is 4.79 Å². The largest absolute Gasteiger partial charge is 0.326 e. The molecule has 1 heterocycles. The van der Waals surface area contributed by atoms with Crippen molar-refractivity contribution in [3.8, 4) is 0 Å². The van der Waals surface area contributed by atoms with Crippen molar-refractivity contribution in [2.45, 2.75) is 24.2 Å². The minimum absolute atomic E-state index is 0.0360. The van der Waals surface area contributed by atoms with Gasteiger partial charge in [0, 0.05) is 12.1 Å². The highest BCUT2D eigenvalue weighted by molar-refractivity contribution is 7.89. The number of carbonyl (C=O) groups is 1. The van der Waals surface area contributed by atoms with Gasteiger partial charge in [-0.05, 0) is 56.1 Å². The van der Waals surface area contributed by atoms with Crippen LogP contribution in [0.4, 0.5) is 5.69 Å². The number of hydrogen-bond acceptors (Lipinski definition) is 4. The van der Waals surface area contributed by atoms with E-state index in [2.05, 4.69) is 10.6 Å². The number of nitrogens with two attached hydrogens (primary N) is 1. The Morgan fingerprint density at radius 3 is 2.40 bits per heavy atom. The summed E-state index contributed by atoms with van der Waals surface area (Å²) in [5.74, 6) is 0.375. The van der Waals surface area contributed by atoms with Crippen molar-refractivity contribution in [2.75, 3.05) is 18.4 Å². The molecule has 1 aliphatic heterocycles. The number of benzene rings is 1. The zero-order valence-corrected chi connectivity index (χ0v) is 11.9. The highest BCUT2D eigenvalue weighted by atomic mass is 32.2. The fourth-order valence-electron chi connectivity index (χ4n) is 2.29. The van der Waals surface area contributed by atoms with E-state index in [4.69, 9.17) is 5.14 Å². The molecule has 2 rings (SSSR count). The highest BCUT2D eigenvalue weighted by Crippen LogP contribution is 2.18. The standard InChI is InChI=1S/C13H19N3O3S/c14-20(18,19)12-3-1-11(2-4-12)16-13(17)9-10-5-7-15-8-6-10/h1-4,10,15H,5-9H2,(H,16,17)(H2,14,18,19). The molecular weight excluding hydrogens is 278 g/mol. The van der Waals surface area contributed by atoms with E-state index < -0.39 is 10.0 Å². The van der Waals surface area contributed by atoms with E-state index in [1.54, 1.807) is 12.1 Å². The second-order valence-corrected chi connectivity index (χ2v) is 6.58. The van der Waals surface area contributed by atoms with Crippen LogP contribution in [-0.2, 0) is 14.8 Å². The minimum atomic E-state index is -3.69. The van der Waals surface area contributed by atoms with Crippen LogP contribution >= 0.6 is 0 Å². The van der Waals surface area contributed by atoms with Gasteiger partial charge < -0.3 is 10.6 Å². The van der Waals surface area contributed by atoms with Crippen LogP contribution in [-0.4, -0.2) is 27.4 Å². The molecule has 0 radical (unpaired) electrons. The number of sulfonamides is 1. The molecule has 0 spiro atoms. The average Bonchev–Trinajstić information content (AvgIpc) is 2.39. The number of rotatable bonds is 4. The molecule has 1 aromatic carbocycles. The van der Waals surface area contributed by atoms with Crippen LogP contribution in [0.15, 0.2) is 29.2 Å². The van der Waals surface area contributed by atoms with E-state index in [1.165, 1.54) is 12.1 Å². The van der Waals surface area contributed by atoms with Gasteiger partial charge in [-0.25, -0.2) is 13.6 Å². The van der Waals surface area contributed by atoms with Crippen LogP contribution < -0.4 is 15.8 Å². The first-order chi connectivity index (χ1) is 9.45. The molecule has 0 bridgehead atoms.